The van der Waals surface area contributed by atoms with Crippen molar-refractivity contribution in [2.24, 2.45) is 0 Å². The number of amides is 1. The summed E-state index contributed by atoms with van der Waals surface area (Å²) in [6.45, 7) is 0. The minimum absolute atomic E-state index is 0.218. The number of carboxylic acid groups (broad SMARTS) is 1. The zero-order valence-corrected chi connectivity index (χ0v) is 6.53. The van der Waals surface area contributed by atoms with Gasteiger partial charge in [-0.15, -0.1) is 0 Å². The molecule has 5 heteroatoms. The molecule has 0 spiro atoms. The lowest BCUT2D eigenvalue weighted by molar-refractivity contribution is -0.133. The van der Waals surface area contributed by atoms with Crippen LogP contribution >= 0.6 is 0 Å². The Labute approximate surface area is 69.1 Å². The van der Waals surface area contributed by atoms with Crippen LogP contribution in [0.5, 0.6) is 0 Å². The molecular formula is C7H9NO4. The van der Waals surface area contributed by atoms with Crippen LogP contribution in [-0.2, 0) is 14.4 Å². The van der Waals surface area contributed by atoms with Crippen LogP contribution in [-0.4, -0.2) is 30.3 Å². The first-order valence-electron chi connectivity index (χ1n) is 3.21. The minimum atomic E-state index is -1.26. The van der Waals surface area contributed by atoms with Crippen molar-refractivity contribution in [3.8, 4) is 0 Å². The molecule has 0 saturated heterocycles. The minimum Gasteiger partial charge on any atom is -0.478 e. The predicted molar refractivity (Wildman–Crippen MR) is 40.5 cm³/mol. The number of nitrogens with one attached hydrogen (secondary N) is 1. The van der Waals surface area contributed by atoms with Crippen molar-refractivity contribution in [3.63, 3.8) is 0 Å². The number of hydrogen-bond acceptors (Lipinski definition) is 3. The van der Waals surface area contributed by atoms with E-state index in [0.29, 0.717) is 6.29 Å². The number of carboxylic acids is 1. The Kier molecular flexibility index (Phi) is 4.36. The number of rotatable bonds is 4. The fourth-order valence-electron chi connectivity index (χ4n) is 0.528. The van der Waals surface area contributed by atoms with Gasteiger partial charge in [-0.1, -0.05) is 0 Å². The van der Waals surface area contributed by atoms with Gasteiger partial charge in [0.05, 0.1) is 0 Å². The lowest BCUT2D eigenvalue weighted by Gasteiger charge is -1.95. The van der Waals surface area contributed by atoms with Crippen molar-refractivity contribution in [2.75, 3.05) is 7.05 Å². The molecule has 0 bridgehead atoms. The molecule has 0 aliphatic heterocycles. The standard InChI is InChI=1S/C7H9NO4/c1-8-6(10)4-5(2-3-9)7(11)12/h3-4H,2H2,1H3,(H,8,10)(H,11,12)/b5-4-. The van der Waals surface area contributed by atoms with E-state index in [1.54, 1.807) is 0 Å². The van der Waals surface area contributed by atoms with Gasteiger partial charge < -0.3 is 15.2 Å². The summed E-state index contributed by atoms with van der Waals surface area (Å²) >= 11 is 0. The van der Waals surface area contributed by atoms with E-state index in [9.17, 15) is 14.4 Å². The van der Waals surface area contributed by atoms with Gasteiger partial charge in [-0.3, -0.25) is 4.79 Å². The molecule has 0 atom stereocenters. The number of aldehydes is 1. The lowest BCUT2D eigenvalue weighted by Crippen LogP contribution is -2.16. The van der Waals surface area contributed by atoms with Crippen molar-refractivity contribution in [2.45, 2.75) is 6.42 Å². The van der Waals surface area contributed by atoms with Crippen molar-refractivity contribution in [1.82, 2.24) is 5.32 Å². The van der Waals surface area contributed by atoms with E-state index in [-0.39, 0.29) is 12.0 Å². The monoisotopic (exact) mass is 171 g/mol. The van der Waals surface area contributed by atoms with E-state index in [1.807, 2.05) is 0 Å². The van der Waals surface area contributed by atoms with Gasteiger partial charge in [0.15, 0.2) is 0 Å². The number of carbonyl (C=O) groups excluding carboxylic acids is 2. The van der Waals surface area contributed by atoms with Gasteiger partial charge in [-0.25, -0.2) is 4.79 Å². The summed E-state index contributed by atoms with van der Waals surface area (Å²) in [5.74, 6) is -1.79. The SMILES string of the molecule is CNC(=O)/C=C(/CC=O)C(=O)O. The fourth-order valence-corrected chi connectivity index (χ4v) is 0.528. The summed E-state index contributed by atoms with van der Waals surface area (Å²) in [7, 11) is 1.37. The maximum Gasteiger partial charge on any atom is 0.332 e. The fraction of sp³-hybridized carbons (Fsp3) is 0.286. The Bertz CT molecular complexity index is 232. The van der Waals surface area contributed by atoms with Gasteiger partial charge in [0, 0.05) is 25.1 Å². The van der Waals surface area contributed by atoms with Gasteiger partial charge in [0.2, 0.25) is 5.91 Å². The highest BCUT2D eigenvalue weighted by molar-refractivity contribution is 5.99. The second-order valence-electron chi connectivity index (χ2n) is 1.96. The Hall–Kier alpha value is -1.65. The van der Waals surface area contributed by atoms with Gasteiger partial charge in [0.1, 0.15) is 6.29 Å². The van der Waals surface area contributed by atoms with Crippen LogP contribution in [0.3, 0.4) is 0 Å². The molecule has 0 rings (SSSR count). The highest BCUT2D eigenvalue weighted by Gasteiger charge is 2.07. The zero-order valence-electron chi connectivity index (χ0n) is 6.53. The average Bonchev–Trinajstić information content (AvgIpc) is 2.03. The molecule has 0 unspecified atom stereocenters. The largest absolute Gasteiger partial charge is 0.478 e. The quantitative estimate of drug-likeness (QED) is 0.434. The Morgan fingerprint density at radius 1 is 1.50 bits per heavy atom. The topological polar surface area (TPSA) is 83.5 Å². The van der Waals surface area contributed by atoms with Crippen LogP contribution in [0.15, 0.2) is 11.6 Å². The summed E-state index contributed by atoms with van der Waals surface area (Å²) in [4.78, 5) is 30.9. The van der Waals surface area contributed by atoms with Crippen molar-refractivity contribution < 1.29 is 19.5 Å². The van der Waals surface area contributed by atoms with E-state index in [4.69, 9.17) is 5.11 Å². The van der Waals surface area contributed by atoms with E-state index < -0.39 is 11.9 Å². The molecule has 0 aliphatic carbocycles. The van der Waals surface area contributed by atoms with Crippen LogP contribution in [0, 0.1) is 0 Å². The highest BCUT2D eigenvalue weighted by Crippen LogP contribution is 1.97. The summed E-state index contributed by atoms with van der Waals surface area (Å²) in [5, 5.41) is 10.7. The predicted octanol–water partition coefficient (Wildman–Crippen LogP) is -0.668. The molecule has 66 valence electrons. The summed E-state index contributed by atoms with van der Waals surface area (Å²) in [6.07, 6.45) is 1.06. The Morgan fingerprint density at radius 3 is 2.42 bits per heavy atom. The van der Waals surface area contributed by atoms with Crippen molar-refractivity contribution in [3.05, 3.63) is 11.6 Å². The second kappa shape index (κ2) is 5.06. The molecule has 0 aliphatic rings. The highest BCUT2D eigenvalue weighted by atomic mass is 16.4. The van der Waals surface area contributed by atoms with E-state index in [0.717, 1.165) is 6.08 Å². The van der Waals surface area contributed by atoms with Crippen molar-refractivity contribution >= 4 is 18.2 Å². The van der Waals surface area contributed by atoms with Crippen LogP contribution in [0.2, 0.25) is 0 Å². The molecule has 0 saturated carbocycles. The molecule has 2 N–H and O–H groups in total. The first-order valence-corrected chi connectivity index (χ1v) is 3.21. The normalized spacial score (nSPS) is 10.6. The van der Waals surface area contributed by atoms with Crippen LogP contribution < -0.4 is 5.32 Å². The van der Waals surface area contributed by atoms with Gasteiger partial charge >= 0.3 is 5.97 Å². The number of aliphatic carboxylic acids is 1. The molecule has 0 aromatic carbocycles. The average molecular weight is 171 g/mol. The molecule has 12 heavy (non-hydrogen) atoms. The van der Waals surface area contributed by atoms with E-state index in [2.05, 4.69) is 5.32 Å². The smallest absolute Gasteiger partial charge is 0.332 e. The number of hydrogen-bond donors (Lipinski definition) is 2. The lowest BCUT2D eigenvalue weighted by atomic mass is 10.2. The molecule has 0 aromatic rings. The third-order valence-electron chi connectivity index (χ3n) is 1.13. The Morgan fingerprint density at radius 2 is 2.08 bits per heavy atom. The molecule has 1 amide bonds. The maximum absolute atomic E-state index is 10.6. The summed E-state index contributed by atoms with van der Waals surface area (Å²) < 4.78 is 0. The van der Waals surface area contributed by atoms with Gasteiger partial charge in [0.25, 0.3) is 0 Å². The van der Waals surface area contributed by atoms with Gasteiger partial charge in [-0.05, 0) is 0 Å². The van der Waals surface area contributed by atoms with E-state index >= 15 is 0 Å². The van der Waals surface area contributed by atoms with E-state index in [1.165, 1.54) is 7.05 Å². The first-order chi connectivity index (χ1) is 5.61. The third kappa shape index (κ3) is 3.50. The van der Waals surface area contributed by atoms with Crippen LogP contribution in [0.4, 0.5) is 0 Å². The molecule has 0 fully saturated rings. The third-order valence-corrected chi connectivity index (χ3v) is 1.13. The number of likely N-dealkylation sites (N-methyl/N-ethyl adjacent to an activating group) is 1. The van der Waals surface area contributed by atoms with Crippen molar-refractivity contribution in [1.29, 1.82) is 0 Å². The molecular weight excluding hydrogens is 162 g/mol. The molecule has 5 nitrogen and oxygen atoms in total. The molecule has 0 aromatic heterocycles. The van der Waals surface area contributed by atoms with Crippen LogP contribution in [0.25, 0.3) is 0 Å². The number of carbonyl (C=O) groups is 3. The van der Waals surface area contributed by atoms with Gasteiger partial charge in [-0.2, -0.15) is 0 Å². The maximum atomic E-state index is 10.6. The summed E-state index contributed by atoms with van der Waals surface area (Å²) in [6, 6.07) is 0. The Balaban J connectivity index is 4.48. The second-order valence-corrected chi connectivity index (χ2v) is 1.96. The first kappa shape index (κ1) is 10.3. The van der Waals surface area contributed by atoms with Crippen LogP contribution in [0.1, 0.15) is 6.42 Å². The summed E-state index contributed by atoms with van der Waals surface area (Å²) in [5.41, 5.74) is -0.218. The zero-order chi connectivity index (χ0) is 9.56. The molecule has 0 heterocycles. The molecule has 0 radical (unpaired) electrons.